The topological polar surface area (TPSA) is 49.9 Å². The minimum atomic E-state index is -0.512. The molecule has 1 aliphatic heterocycles. The van der Waals surface area contributed by atoms with Gasteiger partial charge < -0.3 is 14.5 Å². The maximum atomic E-state index is 13.6. The molecule has 0 N–H and O–H groups in total. The second kappa shape index (κ2) is 8.16. The Morgan fingerprint density at radius 3 is 2.07 bits per heavy atom. The predicted octanol–water partition coefficient (Wildman–Crippen LogP) is 2.96. The van der Waals surface area contributed by atoms with E-state index in [1.807, 2.05) is 0 Å². The van der Waals surface area contributed by atoms with Crippen LogP contribution in [0.5, 0.6) is 5.75 Å². The highest BCUT2D eigenvalue weighted by atomic mass is 19.1. The fourth-order valence-electron chi connectivity index (χ4n) is 3.12. The second-order valence-electron chi connectivity index (χ2n) is 6.29. The van der Waals surface area contributed by atoms with Crippen molar-refractivity contribution in [2.24, 2.45) is 0 Å². The van der Waals surface area contributed by atoms with Crippen molar-refractivity contribution in [3.8, 4) is 5.75 Å². The summed E-state index contributed by atoms with van der Waals surface area (Å²) in [6.07, 6.45) is 0.594. The van der Waals surface area contributed by atoms with E-state index >= 15 is 0 Å². The highest BCUT2D eigenvalue weighted by Gasteiger charge is 2.25. The number of hydrogen-bond acceptors (Lipinski definition) is 3. The third-order valence-corrected chi connectivity index (χ3v) is 4.55. The van der Waals surface area contributed by atoms with Gasteiger partial charge >= 0.3 is 0 Å². The van der Waals surface area contributed by atoms with Crippen LogP contribution >= 0.6 is 0 Å². The van der Waals surface area contributed by atoms with Crippen molar-refractivity contribution in [1.29, 1.82) is 0 Å². The molecule has 0 saturated carbocycles. The van der Waals surface area contributed by atoms with Gasteiger partial charge in [-0.25, -0.2) is 8.78 Å². The first kappa shape index (κ1) is 18.8. The van der Waals surface area contributed by atoms with Crippen LogP contribution in [-0.4, -0.2) is 54.9 Å². The van der Waals surface area contributed by atoms with E-state index in [0.717, 1.165) is 6.07 Å². The summed E-state index contributed by atoms with van der Waals surface area (Å²) in [6, 6.07) is 9.21. The first-order valence-corrected chi connectivity index (χ1v) is 8.67. The Hall–Kier alpha value is -2.96. The summed E-state index contributed by atoms with van der Waals surface area (Å²) >= 11 is 0. The van der Waals surface area contributed by atoms with Gasteiger partial charge in [0.1, 0.15) is 17.4 Å². The Morgan fingerprint density at radius 1 is 0.852 bits per heavy atom. The van der Waals surface area contributed by atoms with E-state index in [1.165, 1.54) is 43.5 Å². The molecule has 0 atom stereocenters. The molecule has 1 saturated heterocycles. The Bertz CT molecular complexity index is 840. The molecule has 0 bridgehead atoms. The number of methoxy groups -OCH3 is 1. The van der Waals surface area contributed by atoms with Gasteiger partial charge in [0.2, 0.25) is 0 Å². The highest BCUT2D eigenvalue weighted by Crippen LogP contribution is 2.22. The molecule has 0 aromatic heterocycles. The van der Waals surface area contributed by atoms with Crippen molar-refractivity contribution in [3.05, 3.63) is 65.2 Å². The van der Waals surface area contributed by atoms with E-state index in [1.54, 1.807) is 9.80 Å². The van der Waals surface area contributed by atoms with Gasteiger partial charge in [0.05, 0.1) is 12.7 Å². The van der Waals surface area contributed by atoms with Crippen molar-refractivity contribution < 1.29 is 23.1 Å². The van der Waals surface area contributed by atoms with E-state index in [-0.39, 0.29) is 17.4 Å². The molecule has 142 valence electrons. The second-order valence-corrected chi connectivity index (χ2v) is 6.29. The molecule has 7 heteroatoms. The van der Waals surface area contributed by atoms with Crippen LogP contribution < -0.4 is 4.74 Å². The maximum absolute atomic E-state index is 13.6. The van der Waals surface area contributed by atoms with Crippen LogP contribution in [0.25, 0.3) is 0 Å². The summed E-state index contributed by atoms with van der Waals surface area (Å²) in [4.78, 5) is 28.6. The molecule has 1 aliphatic rings. The van der Waals surface area contributed by atoms with E-state index in [9.17, 15) is 18.4 Å². The number of amides is 2. The molecule has 1 fully saturated rings. The van der Waals surface area contributed by atoms with Gasteiger partial charge in [0.15, 0.2) is 0 Å². The summed E-state index contributed by atoms with van der Waals surface area (Å²) in [5, 5.41) is 0. The lowest BCUT2D eigenvalue weighted by Crippen LogP contribution is -2.37. The standard InChI is InChI=1S/C20H20F2N2O3/c1-27-18-8-7-16(22)13-17(18)20(26)24-10-2-9-23(11-12-24)19(25)14-3-5-15(21)6-4-14/h3-8,13H,2,9-12H2,1H3. The maximum Gasteiger partial charge on any atom is 0.257 e. The Kier molecular flexibility index (Phi) is 5.69. The molecule has 0 aliphatic carbocycles. The summed E-state index contributed by atoms with van der Waals surface area (Å²) < 4.78 is 31.8. The number of carbonyl (C=O) groups excluding carboxylic acids is 2. The van der Waals surface area contributed by atoms with Crippen molar-refractivity contribution >= 4 is 11.8 Å². The van der Waals surface area contributed by atoms with Crippen LogP contribution in [0.15, 0.2) is 42.5 Å². The largest absolute Gasteiger partial charge is 0.496 e. The smallest absolute Gasteiger partial charge is 0.257 e. The highest BCUT2D eigenvalue weighted by molar-refractivity contribution is 5.97. The number of halogens is 2. The number of hydrogen-bond donors (Lipinski definition) is 0. The predicted molar refractivity (Wildman–Crippen MR) is 95.8 cm³/mol. The van der Waals surface area contributed by atoms with Crippen molar-refractivity contribution in [3.63, 3.8) is 0 Å². The average molecular weight is 374 g/mol. The first-order chi connectivity index (χ1) is 13.0. The average Bonchev–Trinajstić information content (AvgIpc) is 2.93. The molecular weight excluding hydrogens is 354 g/mol. The Morgan fingerprint density at radius 2 is 1.44 bits per heavy atom. The van der Waals surface area contributed by atoms with Crippen molar-refractivity contribution in [2.75, 3.05) is 33.3 Å². The van der Waals surface area contributed by atoms with E-state index in [0.29, 0.717) is 43.9 Å². The minimum Gasteiger partial charge on any atom is -0.496 e. The molecule has 5 nitrogen and oxygen atoms in total. The Labute approximate surface area is 156 Å². The van der Waals surface area contributed by atoms with Crippen molar-refractivity contribution in [1.82, 2.24) is 9.80 Å². The van der Waals surface area contributed by atoms with Gasteiger partial charge in [-0.3, -0.25) is 9.59 Å². The zero-order valence-electron chi connectivity index (χ0n) is 15.0. The van der Waals surface area contributed by atoms with Gasteiger partial charge in [0.25, 0.3) is 11.8 Å². The third-order valence-electron chi connectivity index (χ3n) is 4.55. The van der Waals surface area contributed by atoms with Crippen LogP contribution in [0.1, 0.15) is 27.1 Å². The molecule has 0 spiro atoms. The number of nitrogens with zero attached hydrogens (tertiary/aromatic N) is 2. The summed E-state index contributed by atoms with van der Waals surface area (Å²) in [7, 11) is 1.43. The van der Waals surface area contributed by atoms with Crippen LogP contribution in [0.4, 0.5) is 8.78 Å². The van der Waals surface area contributed by atoms with E-state index < -0.39 is 11.6 Å². The fourth-order valence-corrected chi connectivity index (χ4v) is 3.12. The molecule has 27 heavy (non-hydrogen) atoms. The summed E-state index contributed by atoms with van der Waals surface area (Å²) in [5.41, 5.74) is 0.568. The minimum absolute atomic E-state index is 0.163. The summed E-state index contributed by atoms with van der Waals surface area (Å²) in [6.45, 7) is 1.61. The fraction of sp³-hybridized carbons (Fsp3) is 0.300. The lowest BCUT2D eigenvalue weighted by Gasteiger charge is -2.23. The molecule has 2 amide bonds. The molecule has 0 unspecified atom stereocenters. The lowest BCUT2D eigenvalue weighted by molar-refractivity contribution is 0.0716. The Balaban J connectivity index is 1.71. The van der Waals surface area contributed by atoms with Crippen LogP contribution in [0, 0.1) is 11.6 Å². The van der Waals surface area contributed by atoms with E-state index in [2.05, 4.69) is 0 Å². The third kappa shape index (κ3) is 4.24. The summed E-state index contributed by atoms with van der Waals surface area (Å²) in [5.74, 6) is -1.13. The number of carbonyl (C=O) groups is 2. The molecule has 3 rings (SSSR count). The van der Waals surface area contributed by atoms with Crippen molar-refractivity contribution in [2.45, 2.75) is 6.42 Å². The normalized spacial score (nSPS) is 14.6. The molecule has 2 aromatic carbocycles. The van der Waals surface area contributed by atoms with Gasteiger partial charge in [-0.2, -0.15) is 0 Å². The molecular formula is C20H20F2N2O3. The monoisotopic (exact) mass is 374 g/mol. The molecule has 2 aromatic rings. The first-order valence-electron chi connectivity index (χ1n) is 8.67. The van der Waals surface area contributed by atoms with Crippen LogP contribution in [-0.2, 0) is 0 Å². The van der Waals surface area contributed by atoms with E-state index in [4.69, 9.17) is 4.74 Å². The molecule has 0 radical (unpaired) electrons. The zero-order chi connectivity index (χ0) is 19.4. The van der Waals surface area contributed by atoms with Crippen LogP contribution in [0.2, 0.25) is 0 Å². The van der Waals surface area contributed by atoms with Gasteiger partial charge in [-0.05, 0) is 48.9 Å². The quantitative estimate of drug-likeness (QED) is 0.830. The number of ether oxygens (including phenoxy) is 1. The van der Waals surface area contributed by atoms with Gasteiger partial charge in [-0.15, -0.1) is 0 Å². The molecule has 1 heterocycles. The zero-order valence-corrected chi connectivity index (χ0v) is 15.0. The number of rotatable bonds is 3. The van der Waals surface area contributed by atoms with Gasteiger partial charge in [0, 0.05) is 31.7 Å². The lowest BCUT2D eigenvalue weighted by atomic mass is 10.1. The SMILES string of the molecule is COc1ccc(F)cc1C(=O)N1CCCN(C(=O)c2ccc(F)cc2)CC1. The van der Waals surface area contributed by atoms with Gasteiger partial charge in [-0.1, -0.05) is 0 Å². The van der Waals surface area contributed by atoms with Crippen LogP contribution in [0.3, 0.4) is 0 Å². The number of benzene rings is 2.